The lowest BCUT2D eigenvalue weighted by Crippen LogP contribution is -2.36. The Kier molecular flexibility index (Phi) is 5.19. The number of aliphatic hydroxyl groups is 1. The summed E-state index contributed by atoms with van der Waals surface area (Å²) in [5, 5.41) is 13.3. The fourth-order valence-electron chi connectivity index (χ4n) is 2.92. The molecule has 1 aliphatic carbocycles. The number of rotatable bonds is 4. The largest absolute Gasteiger partial charge is 0.389 e. The van der Waals surface area contributed by atoms with Crippen LogP contribution in [0.25, 0.3) is 0 Å². The van der Waals surface area contributed by atoms with Crippen molar-refractivity contribution in [3.05, 3.63) is 24.3 Å². The van der Waals surface area contributed by atoms with E-state index in [1.807, 2.05) is 12.1 Å². The Bertz CT molecular complexity index is 551. The molecule has 0 spiro atoms. The van der Waals surface area contributed by atoms with E-state index in [4.69, 9.17) is 0 Å². The standard InChI is InChI=1S/C17H24N2O3/c1-13(20)19(2)15-9-5-4-8-14(15)18-16(21)12-17(22)10-6-3-7-11-17/h4-5,8-9,22H,3,6-7,10-12H2,1-2H3,(H,18,21). The van der Waals surface area contributed by atoms with Crippen molar-refractivity contribution in [1.29, 1.82) is 0 Å². The zero-order valence-electron chi connectivity index (χ0n) is 13.3. The second kappa shape index (κ2) is 6.92. The summed E-state index contributed by atoms with van der Waals surface area (Å²) in [6.45, 7) is 1.48. The molecule has 1 aromatic carbocycles. The summed E-state index contributed by atoms with van der Waals surface area (Å²) in [5.74, 6) is -0.318. The molecule has 0 saturated heterocycles. The maximum atomic E-state index is 12.3. The van der Waals surface area contributed by atoms with Gasteiger partial charge in [-0.1, -0.05) is 31.4 Å². The summed E-state index contributed by atoms with van der Waals surface area (Å²) < 4.78 is 0. The van der Waals surface area contributed by atoms with Crippen LogP contribution in [0.2, 0.25) is 0 Å². The van der Waals surface area contributed by atoms with Crippen LogP contribution < -0.4 is 10.2 Å². The Hall–Kier alpha value is -1.88. The quantitative estimate of drug-likeness (QED) is 0.898. The molecule has 0 atom stereocenters. The maximum Gasteiger partial charge on any atom is 0.227 e. The third-order valence-corrected chi connectivity index (χ3v) is 4.29. The highest BCUT2D eigenvalue weighted by Crippen LogP contribution is 2.32. The SMILES string of the molecule is CC(=O)N(C)c1ccccc1NC(=O)CC1(O)CCCCC1. The summed E-state index contributed by atoms with van der Waals surface area (Å²) in [5.41, 5.74) is 0.354. The van der Waals surface area contributed by atoms with Crippen LogP contribution >= 0.6 is 0 Å². The lowest BCUT2D eigenvalue weighted by Gasteiger charge is -2.31. The number of amides is 2. The van der Waals surface area contributed by atoms with E-state index in [1.54, 1.807) is 19.2 Å². The number of carbonyl (C=O) groups is 2. The van der Waals surface area contributed by atoms with Crippen molar-refractivity contribution < 1.29 is 14.7 Å². The number of benzene rings is 1. The first-order valence-electron chi connectivity index (χ1n) is 7.77. The normalized spacial score (nSPS) is 16.9. The van der Waals surface area contributed by atoms with Crippen LogP contribution in [0.4, 0.5) is 11.4 Å². The van der Waals surface area contributed by atoms with Crippen molar-refractivity contribution in [2.75, 3.05) is 17.3 Å². The minimum Gasteiger partial charge on any atom is -0.389 e. The highest BCUT2D eigenvalue weighted by atomic mass is 16.3. The second-order valence-electron chi connectivity index (χ2n) is 6.11. The van der Waals surface area contributed by atoms with Crippen molar-refractivity contribution >= 4 is 23.2 Å². The van der Waals surface area contributed by atoms with E-state index in [-0.39, 0.29) is 18.2 Å². The molecule has 120 valence electrons. The van der Waals surface area contributed by atoms with Gasteiger partial charge >= 0.3 is 0 Å². The molecule has 2 N–H and O–H groups in total. The van der Waals surface area contributed by atoms with Crippen molar-refractivity contribution in [2.24, 2.45) is 0 Å². The molecule has 2 amide bonds. The lowest BCUT2D eigenvalue weighted by molar-refractivity contribution is -0.122. The van der Waals surface area contributed by atoms with Gasteiger partial charge in [-0.3, -0.25) is 9.59 Å². The van der Waals surface area contributed by atoms with Gasteiger partial charge in [0.15, 0.2) is 0 Å². The van der Waals surface area contributed by atoms with Crippen LogP contribution in [-0.4, -0.2) is 29.6 Å². The summed E-state index contributed by atoms with van der Waals surface area (Å²) in [6.07, 6.45) is 4.51. The molecule has 22 heavy (non-hydrogen) atoms. The summed E-state index contributed by atoms with van der Waals surface area (Å²) in [4.78, 5) is 25.3. The Morgan fingerprint density at radius 3 is 2.50 bits per heavy atom. The van der Waals surface area contributed by atoms with Gasteiger partial charge in [0.2, 0.25) is 11.8 Å². The first-order valence-corrected chi connectivity index (χ1v) is 7.77. The first kappa shape index (κ1) is 16.5. The van der Waals surface area contributed by atoms with E-state index in [2.05, 4.69) is 5.32 Å². The van der Waals surface area contributed by atoms with Crippen LogP contribution in [0.1, 0.15) is 45.4 Å². The molecule has 0 radical (unpaired) electrons. The molecular formula is C17H24N2O3. The Balaban J connectivity index is 2.07. The maximum absolute atomic E-state index is 12.3. The number of nitrogens with one attached hydrogen (secondary N) is 1. The molecule has 5 heteroatoms. The topological polar surface area (TPSA) is 69.6 Å². The minimum absolute atomic E-state index is 0.102. The van der Waals surface area contributed by atoms with Crippen LogP contribution in [0, 0.1) is 0 Å². The van der Waals surface area contributed by atoms with Gasteiger partial charge in [0, 0.05) is 14.0 Å². The number of nitrogens with zero attached hydrogens (tertiary/aromatic N) is 1. The smallest absolute Gasteiger partial charge is 0.227 e. The first-order chi connectivity index (χ1) is 10.4. The van der Waals surface area contributed by atoms with Crippen molar-refractivity contribution in [2.45, 2.75) is 51.0 Å². The van der Waals surface area contributed by atoms with Crippen LogP contribution in [0.5, 0.6) is 0 Å². The average molecular weight is 304 g/mol. The highest BCUT2D eigenvalue weighted by Gasteiger charge is 2.31. The van der Waals surface area contributed by atoms with E-state index >= 15 is 0 Å². The highest BCUT2D eigenvalue weighted by molar-refractivity contribution is 6.00. The van der Waals surface area contributed by atoms with E-state index in [1.165, 1.54) is 11.8 Å². The molecule has 5 nitrogen and oxygen atoms in total. The Morgan fingerprint density at radius 2 is 1.86 bits per heavy atom. The van der Waals surface area contributed by atoms with E-state index in [0.29, 0.717) is 24.2 Å². The third-order valence-electron chi connectivity index (χ3n) is 4.29. The molecule has 1 aliphatic rings. The minimum atomic E-state index is -0.885. The van der Waals surface area contributed by atoms with Gasteiger partial charge in [0.05, 0.1) is 23.4 Å². The second-order valence-corrected chi connectivity index (χ2v) is 6.11. The lowest BCUT2D eigenvalue weighted by atomic mass is 9.82. The van der Waals surface area contributed by atoms with Gasteiger partial charge in [0.1, 0.15) is 0 Å². The van der Waals surface area contributed by atoms with Gasteiger partial charge in [-0.25, -0.2) is 0 Å². The zero-order chi connectivity index (χ0) is 16.2. The Labute approximate surface area is 131 Å². The molecular weight excluding hydrogens is 280 g/mol. The van der Waals surface area contributed by atoms with Gasteiger partial charge < -0.3 is 15.3 Å². The Morgan fingerprint density at radius 1 is 1.23 bits per heavy atom. The third kappa shape index (κ3) is 4.07. The van der Waals surface area contributed by atoms with E-state index in [9.17, 15) is 14.7 Å². The molecule has 1 fully saturated rings. The van der Waals surface area contributed by atoms with Crippen molar-refractivity contribution in [1.82, 2.24) is 0 Å². The van der Waals surface area contributed by atoms with Gasteiger partial charge in [-0.05, 0) is 25.0 Å². The van der Waals surface area contributed by atoms with Gasteiger partial charge in [-0.15, -0.1) is 0 Å². The summed E-state index contributed by atoms with van der Waals surface area (Å²) >= 11 is 0. The molecule has 0 unspecified atom stereocenters. The molecule has 2 rings (SSSR count). The monoisotopic (exact) mass is 304 g/mol. The zero-order valence-corrected chi connectivity index (χ0v) is 13.3. The number of hydrogen-bond acceptors (Lipinski definition) is 3. The van der Waals surface area contributed by atoms with Crippen LogP contribution in [-0.2, 0) is 9.59 Å². The summed E-state index contributed by atoms with van der Waals surface area (Å²) in [6, 6.07) is 7.17. The molecule has 1 aromatic rings. The van der Waals surface area contributed by atoms with Gasteiger partial charge in [-0.2, -0.15) is 0 Å². The van der Waals surface area contributed by atoms with E-state index in [0.717, 1.165) is 19.3 Å². The fourth-order valence-corrected chi connectivity index (χ4v) is 2.92. The predicted octanol–water partition coefficient (Wildman–Crippen LogP) is 2.69. The average Bonchev–Trinajstić information content (AvgIpc) is 2.47. The van der Waals surface area contributed by atoms with Crippen molar-refractivity contribution in [3.8, 4) is 0 Å². The molecule has 0 aliphatic heterocycles. The molecule has 1 saturated carbocycles. The number of carbonyl (C=O) groups excluding carboxylic acids is 2. The van der Waals surface area contributed by atoms with Crippen LogP contribution in [0.3, 0.4) is 0 Å². The fraction of sp³-hybridized carbons (Fsp3) is 0.529. The molecule has 0 aromatic heterocycles. The predicted molar refractivity (Wildman–Crippen MR) is 86.8 cm³/mol. The van der Waals surface area contributed by atoms with Crippen molar-refractivity contribution in [3.63, 3.8) is 0 Å². The van der Waals surface area contributed by atoms with E-state index < -0.39 is 5.60 Å². The van der Waals surface area contributed by atoms with Crippen LogP contribution in [0.15, 0.2) is 24.3 Å². The van der Waals surface area contributed by atoms with Gasteiger partial charge in [0.25, 0.3) is 0 Å². The molecule has 0 heterocycles. The summed E-state index contributed by atoms with van der Waals surface area (Å²) in [7, 11) is 1.67. The number of hydrogen-bond donors (Lipinski definition) is 2. The molecule has 0 bridgehead atoms. The number of anilines is 2. The number of para-hydroxylation sites is 2.